The van der Waals surface area contributed by atoms with Crippen LogP contribution in [0.3, 0.4) is 0 Å². The van der Waals surface area contributed by atoms with Crippen molar-refractivity contribution in [2.45, 2.75) is 26.7 Å². The first-order chi connectivity index (χ1) is 9.45. The summed E-state index contributed by atoms with van der Waals surface area (Å²) in [5.41, 5.74) is 0.634. The zero-order valence-corrected chi connectivity index (χ0v) is 13.1. The predicted octanol–water partition coefficient (Wildman–Crippen LogP) is 3.26. The maximum atomic E-state index is 11.7. The molecule has 1 N–H and O–H groups in total. The first kappa shape index (κ1) is 16.8. The Morgan fingerprint density at radius 3 is 2.50 bits per heavy atom. The lowest BCUT2D eigenvalue weighted by atomic mass is 10.2. The standard InChI is InChI=1S/C14H18Cl2N2O2/c1-3-7-17-14(20)6-8-18(10(2)19)11-4-5-12(15)13(16)9-11/h4-5,9H,3,6-8H2,1-2H3,(H,17,20). The second-order valence-corrected chi connectivity index (χ2v) is 5.18. The third-order valence-corrected chi connectivity index (χ3v) is 3.47. The van der Waals surface area contributed by atoms with Gasteiger partial charge in [-0.15, -0.1) is 0 Å². The number of amides is 2. The van der Waals surface area contributed by atoms with Gasteiger partial charge < -0.3 is 10.2 Å². The molecule has 1 aromatic rings. The lowest BCUT2D eigenvalue weighted by Crippen LogP contribution is -2.34. The van der Waals surface area contributed by atoms with Gasteiger partial charge in [-0.3, -0.25) is 9.59 Å². The van der Waals surface area contributed by atoms with E-state index in [2.05, 4.69) is 5.32 Å². The highest BCUT2D eigenvalue weighted by molar-refractivity contribution is 6.42. The van der Waals surface area contributed by atoms with Crippen LogP contribution in [-0.4, -0.2) is 24.9 Å². The van der Waals surface area contributed by atoms with Gasteiger partial charge in [0.05, 0.1) is 10.0 Å². The summed E-state index contributed by atoms with van der Waals surface area (Å²) < 4.78 is 0. The minimum Gasteiger partial charge on any atom is -0.356 e. The van der Waals surface area contributed by atoms with E-state index in [1.807, 2.05) is 6.92 Å². The normalized spacial score (nSPS) is 10.2. The van der Waals surface area contributed by atoms with Crippen molar-refractivity contribution >= 4 is 40.7 Å². The maximum absolute atomic E-state index is 11.7. The number of benzene rings is 1. The van der Waals surface area contributed by atoms with E-state index in [9.17, 15) is 9.59 Å². The predicted molar refractivity (Wildman–Crippen MR) is 82.4 cm³/mol. The van der Waals surface area contributed by atoms with Gasteiger partial charge in [-0.1, -0.05) is 30.1 Å². The zero-order chi connectivity index (χ0) is 15.1. The van der Waals surface area contributed by atoms with Crippen LogP contribution < -0.4 is 10.2 Å². The average Bonchev–Trinajstić information content (AvgIpc) is 2.40. The molecule has 0 radical (unpaired) electrons. The second-order valence-electron chi connectivity index (χ2n) is 4.37. The monoisotopic (exact) mass is 316 g/mol. The number of hydrogen-bond acceptors (Lipinski definition) is 2. The molecule has 1 aromatic carbocycles. The van der Waals surface area contributed by atoms with Gasteiger partial charge in [0.25, 0.3) is 0 Å². The molecular weight excluding hydrogens is 299 g/mol. The third-order valence-electron chi connectivity index (χ3n) is 2.73. The number of nitrogens with zero attached hydrogens (tertiary/aromatic N) is 1. The number of rotatable bonds is 6. The van der Waals surface area contributed by atoms with Crippen molar-refractivity contribution in [1.29, 1.82) is 0 Å². The van der Waals surface area contributed by atoms with Crippen molar-refractivity contribution in [3.05, 3.63) is 28.2 Å². The Morgan fingerprint density at radius 1 is 1.25 bits per heavy atom. The summed E-state index contributed by atoms with van der Waals surface area (Å²) >= 11 is 11.8. The Kier molecular flexibility index (Phi) is 6.82. The van der Waals surface area contributed by atoms with Crippen molar-refractivity contribution in [2.24, 2.45) is 0 Å². The lowest BCUT2D eigenvalue weighted by molar-refractivity contribution is -0.121. The third kappa shape index (κ3) is 5.02. The van der Waals surface area contributed by atoms with Crippen LogP contribution in [0.25, 0.3) is 0 Å². The van der Waals surface area contributed by atoms with Crippen LogP contribution in [0.15, 0.2) is 18.2 Å². The largest absolute Gasteiger partial charge is 0.356 e. The molecule has 2 amide bonds. The van der Waals surface area contributed by atoms with Gasteiger partial charge in [-0.2, -0.15) is 0 Å². The van der Waals surface area contributed by atoms with E-state index in [0.717, 1.165) is 6.42 Å². The number of anilines is 1. The molecule has 0 unspecified atom stereocenters. The fourth-order valence-electron chi connectivity index (χ4n) is 1.69. The highest BCUT2D eigenvalue weighted by Crippen LogP contribution is 2.27. The molecule has 0 saturated heterocycles. The summed E-state index contributed by atoms with van der Waals surface area (Å²) in [7, 11) is 0. The summed E-state index contributed by atoms with van der Waals surface area (Å²) in [4.78, 5) is 24.8. The maximum Gasteiger partial charge on any atom is 0.223 e. The van der Waals surface area contributed by atoms with E-state index in [1.165, 1.54) is 11.8 Å². The Bertz CT molecular complexity index is 492. The van der Waals surface area contributed by atoms with Crippen LogP contribution >= 0.6 is 23.2 Å². The highest BCUT2D eigenvalue weighted by Gasteiger charge is 2.14. The SMILES string of the molecule is CCCNC(=O)CCN(C(C)=O)c1ccc(Cl)c(Cl)c1. The topological polar surface area (TPSA) is 49.4 Å². The van der Waals surface area contributed by atoms with Crippen molar-refractivity contribution in [3.8, 4) is 0 Å². The Morgan fingerprint density at radius 2 is 1.95 bits per heavy atom. The summed E-state index contributed by atoms with van der Waals surface area (Å²) in [5.74, 6) is -0.218. The van der Waals surface area contributed by atoms with Crippen LogP contribution in [0.5, 0.6) is 0 Å². The molecule has 0 saturated carbocycles. The minimum atomic E-state index is -0.147. The molecule has 4 nitrogen and oxygen atoms in total. The molecule has 0 aliphatic carbocycles. The Labute approximate surface area is 129 Å². The molecule has 0 aliphatic heterocycles. The Hall–Kier alpha value is -1.26. The fourth-order valence-corrected chi connectivity index (χ4v) is 1.98. The average molecular weight is 317 g/mol. The van der Waals surface area contributed by atoms with Crippen molar-refractivity contribution < 1.29 is 9.59 Å². The van der Waals surface area contributed by atoms with Crippen molar-refractivity contribution in [3.63, 3.8) is 0 Å². The van der Waals surface area contributed by atoms with Gasteiger partial charge in [0, 0.05) is 32.1 Å². The molecule has 0 aromatic heterocycles. The first-order valence-corrected chi connectivity index (χ1v) is 7.21. The van der Waals surface area contributed by atoms with E-state index < -0.39 is 0 Å². The van der Waals surface area contributed by atoms with Crippen LogP contribution in [0.4, 0.5) is 5.69 Å². The van der Waals surface area contributed by atoms with Crippen LogP contribution in [0.2, 0.25) is 10.0 Å². The van der Waals surface area contributed by atoms with Crippen LogP contribution in [0, 0.1) is 0 Å². The molecule has 0 spiro atoms. The summed E-state index contributed by atoms with van der Waals surface area (Å²) in [5, 5.41) is 3.59. The molecule has 0 atom stereocenters. The molecular formula is C14H18Cl2N2O2. The summed E-state index contributed by atoms with van der Waals surface area (Å²) in [6.45, 7) is 4.39. The fraction of sp³-hybridized carbons (Fsp3) is 0.429. The van der Waals surface area contributed by atoms with Gasteiger partial charge in [-0.25, -0.2) is 0 Å². The van der Waals surface area contributed by atoms with Gasteiger partial charge in [0.1, 0.15) is 0 Å². The van der Waals surface area contributed by atoms with Gasteiger partial charge in [-0.05, 0) is 24.6 Å². The molecule has 0 aliphatic rings. The van der Waals surface area contributed by atoms with Gasteiger partial charge >= 0.3 is 0 Å². The molecule has 110 valence electrons. The summed E-state index contributed by atoms with van der Waals surface area (Å²) in [6, 6.07) is 4.96. The highest BCUT2D eigenvalue weighted by atomic mass is 35.5. The van der Waals surface area contributed by atoms with E-state index >= 15 is 0 Å². The van der Waals surface area contributed by atoms with E-state index in [1.54, 1.807) is 18.2 Å². The number of nitrogens with one attached hydrogen (secondary N) is 1. The Balaban J connectivity index is 2.72. The zero-order valence-electron chi connectivity index (χ0n) is 11.6. The number of hydrogen-bond donors (Lipinski definition) is 1. The lowest BCUT2D eigenvalue weighted by Gasteiger charge is -2.21. The molecule has 20 heavy (non-hydrogen) atoms. The smallest absolute Gasteiger partial charge is 0.223 e. The number of carbonyl (C=O) groups is 2. The number of carbonyl (C=O) groups excluding carboxylic acids is 2. The molecule has 0 bridgehead atoms. The van der Waals surface area contributed by atoms with Gasteiger partial charge in [0.2, 0.25) is 11.8 Å². The van der Waals surface area contributed by atoms with Crippen LogP contribution in [0.1, 0.15) is 26.7 Å². The molecule has 0 heterocycles. The van der Waals surface area contributed by atoms with E-state index in [4.69, 9.17) is 23.2 Å². The second kappa shape index (κ2) is 8.12. The molecule has 6 heteroatoms. The van der Waals surface area contributed by atoms with Gasteiger partial charge in [0.15, 0.2) is 0 Å². The van der Waals surface area contributed by atoms with Crippen molar-refractivity contribution in [2.75, 3.05) is 18.0 Å². The van der Waals surface area contributed by atoms with E-state index in [0.29, 0.717) is 28.8 Å². The molecule has 0 fully saturated rings. The van der Waals surface area contributed by atoms with Crippen molar-refractivity contribution in [1.82, 2.24) is 5.32 Å². The quantitative estimate of drug-likeness (QED) is 0.875. The van der Waals surface area contributed by atoms with Crippen LogP contribution in [-0.2, 0) is 9.59 Å². The first-order valence-electron chi connectivity index (χ1n) is 6.45. The molecule has 1 rings (SSSR count). The number of halogens is 2. The summed E-state index contributed by atoms with van der Waals surface area (Å²) in [6.07, 6.45) is 1.13. The van der Waals surface area contributed by atoms with E-state index in [-0.39, 0.29) is 18.2 Å². The minimum absolute atomic E-state index is 0.0711.